The minimum absolute atomic E-state index is 0.229. The Morgan fingerprint density at radius 2 is 1.79 bits per heavy atom. The van der Waals surface area contributed by atoms with E-state index in [-0.39, 0.29) is 6.04 Å². The van der Waals surface area contributed by atoms with Gasteiger partial charge in [0, 0.05) is 25.7 Å². The van der Waals surface area contributed by atoms with Gasteiger partial charge in [0.15, 0.2) is 0 Å². The molecule has 1 atom stereocenters. The molecule has 0 aromatic rings. The second-order valence-corrected chi connectivity index (χ2v) is 7.38. The van der Waals surface area contributed by atoms with Gasteiger partial charge in [-0.2, -0.15) is 17.0 Å². The van der Waals surface area contributed by atoms with Crippen LogP contribution in [0.5, 0.6) is 0 Å². The molecule has 0 saturated carbocycles. The Balaban J connectivity index is 2.13. The molecule has 2 rings (SSSR count). The maximum atomic E-state index is 12.7. The molecular weight excluding hydrogens is 262 g/mol. The smallest absolute Gasteiger partial charge is 0.282 e. The first-order chi connectivity index (χ1) is 9.11. The summed E-state index contributed by atoms with van der Waals surface area (Å²) in [5, 5.41) is 3.36. The molecule has 0 bridgehead atoms. The zero-order valence-electron chi connectivity index (χ0n) is 12.1. The van der Waals surface area contributed by atoms with Gasteiger partial charge in [0.2, 0.25) is 0 Å². The van der Waals surface area contributed by atoms with Crippen molar-refractivity contribution in [1.82, 2.24) is 13.9 Å². The van der Waals surface area contributed by atoms with Crippen molar-refractivity contribution in [1.29, 1.82) is 0 Å². The second kappa shape index (κ2) is 6.52. The number of piperidine rings is 1. The molecule has 6 heteroatoms. The summed E-state index contributed by atoms with van der Waals surface area (Å²) in [7, 11) is -3.25. The van der Waals surface area contributed by atoms with Crippen LogP contribution < -0.4 is 5.32 Å². The Morgan fingerprint density at radius 3 is 2.37 bits per heavy atom. The summed E-state index contributed by atoms with van der Waals surface area (Å²) in [6, 6.07) is 0.229. The number of rotatable bonds is 5. The lowest BCUT2D eigenvalue weighted by Gasteiger charge is -2.35. The SMILES string of the molecule is CCN(CC)S(=O)(=O)N1CCCC1C1CCNCC1. The van der Waals surface area contributed by atoms with E-state index in [9.17, 15) is 8.42 Å². The zero-order chi connectivity index (χ0) is 13.9. The van der Waals surface area contributed by atoms with Gasteiger partial charge >= 0.3 is 0 Å². The molecule has 5 nitrogen and oxygen atoms in total. The molecular formula is C13H27N3O2S. The zero-order valence-corrected chi connectivity index (χ0v) is 13.0. The predicted octanol–water partition coefficient (Wildman–Crippen LogP) is 1.04. The molecule has 1 N–H and O–H groups in total. The van der Waals surface area contributed by atoms with Crippen LogP contribution >= 0.6 is 0 Å². The minimum atomic E-state index is -3.25. The maximum Gasteiger partial charge on any atom is 0.282 e. The summed E-state index contributed by atoms with van der Waals surface area (Å²) >= 11 is 0. The van der Waals surface area contributed by atoms with Crippen molar-refractivity contribution in [3.8, 4) is 0 Å². The summed E-state index contributed by atoms with van der Waals surface area (Å²) in [4.78, 5) is 0. The van der Waals surface area contributed by atoms with Crippen LogP contribution in [0.1, 0.15) is 39.5 Å². The monoisotopic (exact) mass is 289 g/mol. The molecule has 0 aromatic heterocycles. The highest BCUT2D eigenvalue weighted by atomic mass is 32.2. The van der Waals surface area contributed by atoms with Gasteiger partial charge in [-0.1, -0.05) is 13.8 Å². The number of hydrogen-bond donors (Lipinski definition) is 1. The highest BCUT2D eigenvalue weighted by Crippen LogP contribution is 2.32. The molecule has 2 saturated heterocycles. The standard InChI is InChI=1S/C13H27N3O2S/c1-3-15(4-2)19(17,18)16-11-5-6-13(16)12-7-9-14-10-8-12/h12-14H,3-11H2,1-2H3. The van der Waals surface area contributed by atoms with E-state index in [0.717, 1.165) is 38.8 Å². The van der Waals surface area contributed by atoms with Crippen molar-refractivity contribution in [2.24, 2.45) is 5.92 Å². The third-order valence-corrected chi connectivity index (χ3v) is 6.72. The van der Waals surface area contributed by atoms with E-state index in [1.54, 1.807) is 8.61 Å². The van der Waals surface area contributed by atoms with Crippen molar-refractivity contribution in [2.75, 3.05) is 32.7 Å². The average Bonchev–Trinajstić information content (AvgIpc) is 2.91. The van der Waals surface area contributed by atoms with Crippen LogP contribution in [0.25, 0.3) is 0 Å². The van der Waals surface area contributed by atoms with Crippen LogP contribution in [0.2, 0.25) is 0 Å². The number of nitrogens with zero attached hydrogens (tertiary/aromatic N) is 2. The lowest BCUT2D eigenvalue weighted by Crippen LogP contribution is -2.49. The molecule has 19 heavy (non-hydrogen) atoms. The molecule has 0 amide bonds. The van der Waals surface area contributed by atoms with E-state index in [1.807, 2.05) is 13.8 Å². The summed E-state index contributed by atoms with van der Waals surface area (Å²) in [5.41, 5.74) is 0. The third-order valence-electron chi connectivity index (χ3n) is 4.50. The minimum Gasteiger partial charge on any atom is -0.317 e. The molecule has 2 aliphatic heterocycles. The molecule has 1 unspecified atom stereocenters. The van der Waals surface area contributed by atoms with Crippen LogP contribution in [-0.4, -0.2) is 55.8 Å². The molecule has 0 aliphatic carbocycles. The molecule has 2 aliphatic rings. The van der Waals surface area contributed by atoms with Crippen LogP contribution in [0.3, 0.4) is 0 Å². The predicted molar refractivity (Wildman–Crippen MR) is 77.2 cm³/mol. The van der Waals surface area contributed by atoms with Crippen molar-refractivity contribution < 1.29 is 8.42 Å². The molecule has 2 fully saturated rings. The molecule has 0 spiro atoms. The summed E-state index contributed by atoms with van der Waals surface area (Å²) in [6.07, 6.45) is 4.25. The third kappa shape index (κ3) is 3.12. The van der Waals surface area contributed by atoms with Crippen molar-refractivity contribution in [3.63, 3.8) is 0 Å². The fraction of sp³-hybridized carbons (Fsp3) is 1.00. The van der Waals surface area contributed by atoms with Crippen molar-refractivity contribution in [2.45, 2.75) is 45.6 Å². The van der Waals surface area contributed by atoms with Gasteiger partial charge in [0.25, 0.3) is 10.2 Å². The van der Waals surface area contributed by atoms with Gasteiger partial charge in [0.05, 0.1) is 0 Å². The maximum absolute atomic E-state index is 12.7. The van der Waals surface area contributed by atoms with Gasteiger partial charge in [-0.05, 0) is 44.7 Å². The Bertz CT molecular complexity index is 375. The van der Waals surface area contributed by atoms with E-state index in [0.29, 0.717) is 25.6 Å². The Morgan fingerprint density at radius 1 is 1.16 bits per heavy atom. The quantitative estimate of drug-likeness (QED) is 0.823. The molecule has 0 radical (unpaired) electrons. The topological polar surface area (TPSA) is 52.7 Å². The van der Waals surface area contributed by atoms with E-state index < -0.39 is 10.2 Å². The van der Waals surface area contributed by atoms with Gasteiger partial charge in [-0.15, -0.1) is 0 Å². The molecule has 2 heterocycles. The van der Waals surface area contributed by atoms with Gasteiger partial charge in [-0.3, -0.25) is 0 Å². The first kappa shape index (κ1) is 15.2. The lowest BCUT2D eigenvalue weighted by atomic mass is 9.89. The van der Waals surface area contributed by atoms with Crippen LogP contribution in [0.15, 0.2) is 0 Å². The normalized spacial score (nSPS) is 27.2. The van der Waals surface area contributed by atoms with Gasteiger partial charge < -0.3 is 5.32 Å². The first-order valence-electron chi connectivity index (χ1n) is 7.58. The Kier molecular flexibility index (Phi) is 5.22. The van der Waals surface area contributed by atoms with E-state index in [1.165, 1.54) is 0 Å². The lowest BCUT2D eigenvalue weighted by molar-refractivity contribution is 0.224. The van der Waals surface area contributed by atoms with E-state index >= 15 is 0 Å². The highest BCUT2D eigenvalue weighted by Gasteiger charge is 2.40. The van der Waals surface area contributed by atoms with Crippen LogP contribution in [0.4, 0.5) is 0 Å². The van der Waals surface area contributed by atoms with Crippen LogP contribution in [-0.2, 0) is 10.2 Å². The Hall–Kier alpha value is -0.170. The molecule has 112 valence electrons. The number of nitrogens with one attached hydrogen (secondary N) is 1. The first-order valence-corrected chi connectivity index (χ1v) is 8.98. The summed E-state index contributed by atoms with van der Waals surface area (Å²) in [6.45, 7) is 7.71. The highest BCUT2D eigenvalue weighted by molar-refractivity contribution is 7.86. The van der Waals surface area contributed by atoms with Crippen molar-refractivity contribution >= 4 is 10.2 Å². The van der Waals surface area contributed by atoms with Gasteiger partial charge in [-0.25, -0.2) is 0 Å². The van der Waals surface area contributed by atoms with Gasteiger partial charge in [0.1, 0.15) is 0 Å². The van der Waals surface area contributed by atoms with Crippen LogP contribution in [0, 0.1) is 5.92 Å². The average molecular weight is 289 g/mol. The van der Waals surface area contributed by atoms with E-state index in [2.05, 4.69) is 5.32 Å². The fourth-order valence-electron chi connectivity index (χ4n) is 3.45. The molecule has 0 aromatic carbocycles. The summed E-state index contributed by atoms with van der Waals surface area (Å²) < 4.78 is 28.7. The van der Waals surface area contributed by atoms with Crippen molar-refractivity contribution in [3.05, 3.63) is 0 Å². The van der Waals surface area contributed by atoms with E-state index in [4.69, 9.17) is 0 Å². The fourth-order valence-corrected chi connectivity index (χ4v) is 5.38. The number of hydrogen-bond acceptors (Lipinski definition) is 3. The largest absolute Gasteiger partial charge is 0.317 e. The Labute approximate surface area is 117 Å². The summed E-state index contributed by atoms with van der Waals surface area (Å²) in [5.74, 6) is 0.536. The second-order valence-electron chi connectivity index (χ2n) is 5.50.